The summed E-state index contributed by atoms with van der Waals surface area (Å²) in [6, 6.07) is 9.35. The maximum Gasteiger partial charge on any atom is 0.260 e. The zero-order valence-electron chi connectivity index (χ0n) is 12.6. The zero-order valence-corrected chi connectivity index (χ0v) is 13.4. The number of benzene rings is 1. The van der Waals surface area contributed by atoms with Crippen LogP contribution in [-0.4, -0.2) is 35.5 Å². The number of carbonyl (C=O) groups is 1. The van der Waals surface area contributed by atoms with E-state index in [1.807, 2.05) is 30.3 Å². The summed E-state index contributed by atoms with van der Waals surface area (Å²) in [7, 11) is 0. The Kier molecular flexibility index (Phi) is 8.43. The molecule has 1 amide bonds. The van der Waals surface area contributed by atoms with Crippen LogP contribution < -0.4 is 10.5 Å². The van der Waals surface area contributed by atoms with Gasteiger partial charge in [-0.25, -0.2) is 0 Å². The average Bonchev–Trinajstić information content (AvgIpc) is 2.49. The maximum absolute atomic E-state index is 12.2. The molecule has 0 fully saturated rings. The molecule has 4 nitrogen and oxygen atoms in total. The second kappa shape index (κ2) is 10.2. The first-order chi connectivity index (χ1) is 10.1. The third-order valence-electron chi connectivity index (χ3n) is 3.12. The van der Waals surface area contributed by atoms with Crippen LogP contribution in [0.1, 0.15) is 32.6 Å². The van der Waals surface area contributed by atoms with E-state index in [2.05, 4.69) is 6.92 Å². The molecule has 0 aliphatic rings. The number of unbranched alkanes of at least 4 members (excludes halogenated alkanes) is 2. The highest BCUT2D eigenvalue weighted by atomic mass is 32.1. The van der Waals surface area contributed by atoms with Gasteiger partial charge in [0, 0.05) is 19.5 Å². The Hall–Kier alpha value is -1.62. The van der Waals surface area contributed by atoms with Crippen LogP contribution in [0.4, 0.5) is 0 Å². The van der Waals surface area contributed by atoms with Crippen LogP contribution in [0.2, 0.25) is 0 Å². The number of hydrogen-bond donors (Lipinski definition) is 1. The van der Waals surface area contributed by atoms with Crippen LogP contribution in [0, 0.1) is 0 Å². The van der Waals surface area contributed by atoms with Crippen molar-refractivity contribution >= 4 is 23.1 Å². The lowest BCUT2D eigenvalue weighted by atomic mass is 10.2. The highest BCUT2D eigenvalue weighted by Crippen LogP contribution is 2.09. The molecule has 2 N–H and O–H groups in total. The standard InChI is InChI=1S/C16H24N2O2S/c1-2-3-7-11-18(12-10-15(17)21)16(19)13-20-14-8-5-4-6-9-14/h4-6,8-9H,2-3,7,10-13H2,1H3,(H2,17,21). The van der Waals surface area contributed by atoms with E-state index in [0.717, 1.165) is 25.8 Å². The highest BCUT2D eigenvalue weighted by Gasteiger charge is 2.14. The van der Waals surface area contributed by atoms with Gasteiger partial charge in [0.1, 0.15) is 5.75 Å². The predicted octanol–water partition coefficient (Wildman–Crippen LogP) is 2.76. The Labute approximate surface area is 132 Å². The van der Waals surface area contributed by atoms with Crippen molar-refractivity contribution in [1.29, 1.82) is 0 Å². The molecule has 0 bridgehead atoms. The molecule has 0 spiro atoms. The summed E-state index contributed by atoms with van der Waals surface area (Å²) in [5, 5.41) is 0. The fourth-order valence-electron chi connectivity index (χ4n) is 1.91. The summed E-state index contributed by atoms with van der Waals surface area (Å²) < 4.78 is 5.51. The van der Waals surface area contributed by atoms with Crippen LogP contribution in [-0.2, 0) is 4.79 Å². The molecule has 116 valence electrons. The third kappa shape index (κ3) is 7.66. The van der Waals surface area contributed by atoms with Crippen LogP contribution in [0.15, 0.2) is 30.3 Å². The minimum atomic E-state index is -0.0220. The van der Waals surface area contributed by atoms with Gasteiger partial charge in [0.05, 0.1) is 4.99 Å². The highest BCUT2D eigenvalue weighted by molar-refractivity contribution is 7.80. The van der Waals surface area contributed by atoms with Crippen molar-refractivity contribution in [3.63, 3.8) is 0 Å². The second-order valence-electron chi connectivity index (χ2n) is 4.91. The first kappa shape index (κ1) is 17.4. The number of thiocarbonyl (C=S) groups is 1. The number of ether oxygens (including phenoxy) is 1. The van der Waals surface area contributed by atoms with Crippen LogP contribution in [0.3, 0.4) is 0 Å². The van der Waals surface area contributed by atoms with Gasteiger partial charge in [-0.3, -0.25) is 4.79 Å². The summed E-state index contributed by atoms with van der Waals surface area (Å²) in [4.78, 5) is 14.5. The van der Waals surface area contributed by atoms with E-state index in [-0.39, 0.29) is 12.5 Å². The molecule has 0 unspecified atom stereocenters. The summed E-state index contributed by atoms with van der Waals surface area (Å²) in [5.74, 6) is 0.680. The molecule has 1 rings (SSSR count). The van der Waals surface area contributed by atoms with Crippen LogP contribution in [0.5, 0.6) is 5.75 Å². The Bertz CT molecular complexity index is 437. The maximum atomic E-state index is 12.2. The number of carbonyl (C=O) groups excluding carboxylic acids is 1. The summed E-state index contributed by atoms with van der Waals surface area (Å²) >= 11 is 4.89. The molecule has 0 atom stereocenters. The van der Waals surface area contributed by atoms with Crippen molar-refractivity contribution in [2.24, 2.45) is 5.73 Å². The molecular weight excluding hydrogens is 284 g/mol. The fourth-order valence-corrected chi connectivity index (χ4v) is 2.00. The van der Waals surface area contributed by atoms with Crippen molar-refractivity contribution in [2.45, 2.75) is 32.6 Å². The van der Waals surface area contributed by atoms with E-state index >= 15 is 0 Å². The van der Waals surface area contributed by atoms with Crippen LogP contribution in [0.25, 0.3) is 0 Å². The largest absolute Gasteiger partial charge is 0.484 e. The van der Waals surface area contributed by atoms with Crippen molar-refractivity contribution in [3.05, 3.63) is 30.3 Å². The SMILES string of the molecule is CCCCCN(CCC(N)=S)C(=O)COc1ccccc1. The lowest BCUT2D eigenvalue weighted by Crippen LogP contribution is -2.37. The van der Waals surface area contributed by atoms with Crippen molar-refractivity contribution in [3.8, 4) is 5.75 Å². The van der Waals surface area contributed by atoms with Gasteiger partial charge in [-0.1, -0.05) is 50.2 Å². The molecule has 5 heteroatoms. The van der Waals surface area contributed by atoms with E-state index in [0.29, 0.717) is 23.7 Å². The molecular formula is C16H24N2O2S. The molecule has 0 aromatic heterocycles. The number of amides is 1. The van der Waals surface area contributed by atoms with Gasteiger partial charge in [0.2, 0.25) is 0 Å². The van der Waals surface area contributed by atoms with E-state index in [1.54, 1.807) is 4.90 Å². The Morgan fingerprint density at radius 2 is 1.95 bits per heavy atom. The zero-order chi connectivity index (χ0) is 15.5. The first-order valence-corrected chi connectivity index (χ1v) is 7.78. The van der Waals surface area contributed by atoms with Crippen molar-refractivity contribution in [1.82, 2.24) is 4.90 Å². The Morgan fingerprint density at radius 3 is 2.57 bits per heavy atom. The quantitative estimate of drug-likeness (QED) is 0.533. The van der Waals surface area contributed by atoms with Gasteiger partial charge in [0.15, 0.2) is 6.61 Å². The molecule has 0 aliphatic carbocycles. The molecule has 0 saturated heterocycles. The molecule has 0 radical (unpaired) electrons. The van der Waals surface area contributed by atoms with E-state index < -0.39 is 0 Å². The Morgan fingerprint density at radius 1 is 1.24 bits per heavy atom. The Balaban J connectivity index is 2.46. The molecule has 0 saturated carbocycles. The van der Waals surface area contributed by atoms with Crippen molar-refractivity contribution in [2.75, 3.05) is 19.7 Å². The minimum absolute atomic E-state index is 0.0220. The van der Waals surface area contributed by atoms with Gasteiger partial charge in [-0.2, -0.15) is 0 Å². The lowest BCUT2D eigenvalue weighted by Gasteiger charge is -2.22. The first-order valence-electron chi connectivity index (χ1n) is 7.37. The molecule has 0 heterocycles. The molecule has 1 aromatic rings. The van der Waals surface area contributed by atoms with E-state index in [1.165, 1.54) is 0 Å². The van der Waals surface area contributed by atoms with Crippen molar-refractivity contribution < 1.29 is 9.53 Å². The number of hydrogen-bond acceptors (Lipinski definition) is 3. The topological polar surface area (TPSA) is 55.6 Å². The van der Waals surface area contributed by atoms with Crippen LogP contribution >= 0.6 is 12.2 Å². The second-order valence-corrected chi connectivity index (χ2v) is 5.43. The lowest BCUT2D eigenvalue weighted by molar-refractivity contribution is -0.133. The normalized spacial score (nSPS) is 10.1. The molecule has 0 aliphatic heterocycles. The van der Waals surface area contributed by atoms with Gasteiger partial charge >= 0.3 is 0 Å². The van der Waals surface area contributed by atoms with E-state index in [4.69, 9.17) is 22.7 Å². The van der Waals surface area contributed by atoms with E-state index in [9.17, 15) is 4.79 Å². The molecule has 21 heavy (non-hydrogen) atoms. The monoisotopic (exact) mass is 308 g/mol. The average molecular weight is 308 g/mol. The third-order valence-corrected chi connectivity index (χ3v) is 3.32. The number of rotatable bonds is 10. The minimum Gasteiger partial charge on any atom is -0.484 e. The molecule has 1 aromatic carbocycles. The van der Waals surface area contributed by atoms with Gasteiger partial charge in [-0.05, 0) is 18.6 Å². The van der Waals surface area contributed by atoms with Gasteiger partial charge in [0.25, 0.3) is 5.91 Å². The number of para-hydroxylation sites is 1. The smallest absolute Gasteiger partial charge is 0.260 e. The summed E-state index contributed by atoms with van der Waals surface area (Å²) in [6.45, 7) is 3.48. The summed E-state index contributed by atoms with van der Waals surface area (Å²) in [5.41, 5.74) is 5.52. The van der Waals surface area contributed by atoms with Gasteiger partial charge < -0.3 is 15.4 Å². The summed E-state index contributed by atoms with van der Waals surface area (Å²) in [6.07, 6.45) is 3.78. The van der Waals surface area contributed by atoms with Gasteiger partial charge in [-0.15, -0.1) is 0 Å². The fraction of sp³-hybridized carbons (Fsp3) is 0.500. The number of nitrogens with zero attached hydrogens (tertiary/aromatic N) is 1. The predicted molar refractivity (Wildman–Crippen MR) is 89.4 cm³/mol. The number of nitrogens with two attached hydrogens (primary N) is 1.